The molecule has 166 valence electrons. The molecule has 0 radical (unpaired) electrons. The van der Waals surface area contributed by atoms with Crippen molar-refractivity contribution in [3.63, 3.8) is 0 Å². The Morgan fingerprint density at radius 1 is 1.00 bits per heavy atom. The van der Waals surface area contributed by atoms with Crippen LogP contribution in [0.25, 0.3) is 0 Å². The topological polar surface area (TPSA) is 81.8 Å². The van der Waals surface area contributed by atoms with Crippen molar-refractivity contribution in [2.24, 2.45) is 5.92 Å². The van der Waals surface area contributed by atoms with Crippen molar-refractivity contribution in [1.29, 1.82) is 0 Å². The molecule has 2 fully saturated rings. The molecule has 0 bridgehead atoms. The van der Waals surface area contributed by atoms with Gasteiger partial charge in [-0.05, 0) is 48.7 Å². The lowest BCUT2D eigenvalue weighted by Crippen LogP contribution is -2.46. The molecular formula is C24H25FN4O3. The van der Waals surface area contributed by atoms with Crippen LogP contribution in [0.3, 0.4) is 0 Å². The Hall–Kier alpha value is -3.26. The van der Waals surface area contributed by atoms with Crippen LogP contribution in [0.15, 0.2) is 42.5 Å². The molecule has 2 N–H and O–H groups in total. The van der Waals surface area contributed by atoms with Crippen molar-refractivity contribution < 1.29 is 18.8 Å². The van der Waals surface area contributed by atoms with E-state index in [1.807, 2.05) is 0 Å². The zero-order valence-corrected chi connectivity index (χ0v) is 17.6. The molecule has 2 aromatic carbocycles. The van der Waals surface area contributed by atoms with Gasteiger partial charge < -0.3 is 20.4 Å². The van der Waals surface area contributed by atoms with Gasteiger partial charge in [0.15, 0.2) is 0 Å². The van der Waals surface area contributed by atoms with Crippen molar-refractivity contribution in [2.75, 3.05) is 36.4 Å². The Labute approximate surface area is 185 Å². The molecule has 8 heteroatoms. The maximum absolute atomic E-state index is 13.5. The second-order valence-corrected chi connectivity index (χ2v) is 8.58. The Balaban J connectivity index is 1.54. The highest BCUT2D eigenvalue weighted by molar-refractivity contribution is 6.07. The monoisotopic (exact) mass is 436 g/mol. The van der Waals surface area contributed by atoms with Crippen LogP contribution >= 0.6 is 0 Å². The molecule has 2 heterocycles. The van der Waals surface area contributed by atoms with Gasteiger partial charge in [-0.1, -0.05) is 12.1 Å². The lowest BCUT2D eigenvalue weighted by atomic mass is 10.00. The minimum Gasteiger partial charge on any atom is -0.336 e. The first-order valence-electron chi connectivity index (χ1n) is 11.0. The zero-order valence-electron chi connectivity index (χ0n) is 17.6. The van der Waals surface area contributed by atoms with E-state index in [1.165, 1.54) is 12.1 Å². The van der Waals surface area contributed by atoms with Crippen LogP contribution in [-0.4, -0.2) is 48.8 Å². The van der Waals surface area contributed by atoms with Crippen molar-refractivity contribution in [3.05, 3.63) is 59.4 Å². The van der Waals surface area contributed by atoms with Gasteiger partial charge in [0.2, 0.25) is 11.8 Å². The third kappa shape index (κ3) is 3.98. The fourth-order valence-corrected chi connectivity index (χ4v) is 4.42. The van der Waals surface area contributed by atoms with Gasteiger partial charge >= 0.3 is 0 Å². The second kappa shape index (κ2) is 8.35. The van der Waals surface area contributed by atoms with Gasteiger partial charge in [-0.25, -0.2) is 4.39 Å². The zero-order chi connectivity index (χ0) is 22.2. The number of piperazine rings is 1. The maximum Gasteiger partial charge on any atom is 0.254 e. The first kappa shape index (κ1) is 20.6. The van der Waals surface area contributed by atoms with E-state index in [4.69, 9.17) is 0 Å². The standard InChI is InChI=1S/C24H25FN4O3/c25-18-6-3-15(4-7-18)21-14-22(30)27-19-13-17(23(31)28-11-9-26-10-12-28)5-8-20(19)29(21)24(32)16-1-2-16/h3-8,13,16,21,26H,1-2,9-12,14H2,(H,27,30). The van der Waals surface area contributed by atoms with Gasteiger partial charge in [0.25, 0.3) is 5.91 Å². The van der Waals surface area contributed by atoms with E-state index in [1.54, 1.807) is 40.1 Å². The molecule has 32 heavy (non-hydrogen) atoms. The number of carbonyl (C=O) groups excluding carboxylic acids is 3. The van der Waals surface area contributed by atoms with E-state index in [0.717, 1.165) is 25.9 Å². The number of fused-ring (bicyclic) bond motifs is 1. The minimum absolute atomic E-state index is 0.0433. The highest BCUT2D eigenvalue weighted by Gasteiger charge is 2.40. The molecule has 1 unspecified atom stereocenters. The van der Waals surface area contributed by atoms with Crippen molar-refractivity contribution in [1.82, 2.24) is 10.2 Å². The van der Waals surface area contributed by atoms with Gasteiger partial charge in [-0.3, -0.25) is 14.4 Å². The van der Waals surface area contributed by atoms with Crippen LogP contribution in [0.5, 0.6) is 0 Å². The molecule has 0 aromatic heterocycles. The van der Waals surface area contributed by atoms with Gasteiger partial charge in [0, 0.05) is 37.7 Å². The predicted octanol–water partition coefficient (Wildman–Crippen LogP) is 2.70. The molecule has 7 nitrogen and oxygen atoms in total. The Morgan fingerprint density at radius 3 is 2.41 bits per heavy atom. The summed E-state index contributed by atoms with van der Waals surface area (Å²) >= 11 is 0. The molecule has 1 atom stereocenters. The maximum atomic E-state index is 13.5. The number of rotatable bonds is 3. The predicted molar refractivity (Wildman–Crippen MR) is 118 cm³/mol. The number of benzene rings is 2. The van der Waals surface area contributed by atoms with Gasteiger partial charge in [-0.2, -0.15) is 0 Å². The molecule has 5 rings (SSSR count). The highest BCUT2D eigenvalue weighted by atomic mass is 19.1. The van der Waals surface area contributed by atoms with Crippen LogP contribution in [0, 0.1) is 11.7 Å². The third-order valence-electron chi connectivity index (χ3n) is 6.29. The smallest absolute Gasteiger partial charge is 0.254 e. The third-order valence-corrected chi connectivity index (χ3v) is 6.29. The summed E-state index contributed by atoms with van der Waals surface area (Å²) in [5.41, 5.74) is 2.20. The van der Waals surface area contributed by atoms with Gasteiger partial charge in [0.1, 0.15) is 5.82 Å². The Kier molecular flexibility index (Phi) is 5.38. The van der Waals surface area contributed by atoms with E-state index in [2.05, 4.69) is 10.6 Å². The molecule has 1 saturated heterocycles. The van der Waals surface area contributed by atoms with Gasteiger partial charge in [-0.15, -0.1) is 0 Å². The lowest BCUT2D eigenvalue weighted by molar-refractivity contribution is -0.120. The molecular weight excluding hydrogens is 411 g/mol. The number of anilines is 2. The number of hydrogen-bond acceptors (Lipinski definition) is 4. The van der Waals surface area contributed by atoms with Crippen molar-refractivity contribution >= 4 is 29.1 Å². The summed E-state index contributed by atoms with van der Waals surface area (Å²) in [5.74, 6) is -0.829. The Bertz CT molecular complexity index is 1060. The van der Waals surface area contributed by atoms with E-state index >= 15 is 0 Å². The molecule has 0 spiro atoms. The first-order chi connectivity index (χ1) is 15.5. The normalized spacial score (nSPS) is 20.9. The fraction of sp³-hybridized carbons (Fsp3) is 0.375. The molecule has 3 aliphatic rings. The quantitative estimate of drug-likeness (QED) is 0.775. The number of hydrogen-bond donors (Lipinski definition) is 2. The van der Waals surface area contributed by atoms with Crippen LogP contribution in [-0.2, 0) is 9.59 Å². The SMILES string of the molecule is O=C1CC(c2ccc(F)cc2)N(C(=O)C2CC2)c2ccc(C(=O)N3CCNCC3)cc2N1. The van der Waals surface area contributed by atoms with E-state index < -0.39 is 6.04 Å². The lowest BCUT2D eigenvalue weighted by Gasteiger charge is -2.31. The first-order valence-corrected chi connectivity index (χ1v) is 11.0. The molecule has 3 amide bonds. The van der Waals surface area contributed by atoms with Crippen molar-refractivity contribution in [2.45, 2.75) is 25.3 Å². The summed E-state index contributed by atoms with van der Waals surface area (Å²) in [6, 6.07) is 10.5. The fourth-order valence-electron chi connectivity index (χ4n) is 4.42. The number of nitrogens with one attached hydrogen (secondary N) is 2. The van der Waals surface area contributed by atoms with E-state index in [0.29, 0.717) is 35.6 Å². The average molecular weight is 436 g/mol. The van der Waals surface area contributed by atoms with Gasteiger partial charge in [0.05, 0.1) is 23.8 Å². The summed E-state index contributed by atoms with van der Waals surface area (Å²) < 4.78 is 13.5. The number of halogens is 1. The average Bonchev–Trinajstić information content (AvgIpc) is 3.66. The largest absolute Gasteiger partial charge is 0.336 e. The summed E-state index contributed by atoms with van der Waals surface area (Å²) in [6.45, 7) is 2.75. The summed E-state index contributed by atoms with van der Waals surface area (Å²) in [6.07, 6.45) is 1.70. The molecule has 1 saturated carbocycles. The van der Waals surface area contributed by atoms with Crippen LogP contribution in [0.4, 0.5) is 15.8 Å². The Morgan fingerprint density at radius 2 is 1.72 bits per heavy atom. The molecule has 1 aliphatic carbocycles. The number of nitrogens with zero attached hydrogens (tertiary/aromatic N) is 2. The van der Waals surface area contributed by atoms with E-state index in [-0.39, 0.29) is 35.9 Å². The summed E-state index contributed by atoms with van der Waals surface area (Å²) in [5, 5.41) is 6.11. The number of amides is 3. The second-order valence-electron chi connectivity index (χ2n) is 8.58. The van der Waals surface area contributed by atoms with Crippen molar-refractivity contribution in [3.8, 4) is 0 Å². The summed E-state index contributed by atoms with van der Waals surface area (Å²) in [7, 11) is 0. The molecule has 2 aliphatic heterocycles. The van der Waals surface area contributed by atoms with Crippen LogP contribution in [0.2, 0.25) is 0 Å². The minimum atomic E-state index is -0.542. The van der Waals surface area contributed by atoms with Crippen LogP contribution in [0.1, 0.15) is 41.2 Å². The molecule has 2 aromatic rings. The highest BCUT2D eigenvalue weighted by Crippen LogP contribution is 2.43. The number of carbonyl (C=O) groups is 3. The summed E-state index contributed by atoms with van der Waals surface area (Å²) in [4.78, 5) is 42.6. The van der Waals surface area contributed by atoms with E-state index in [9.17, 15) is 18.8 Å². The van der Waals surface area contributed by atoms with Crippen LogP contribution < -0.4 is 15.5 Å².